The van der Waals surface area contributed by atoms with Crippen molar-refractivity contribution in [2.75, 3.05) is 23.7 Å². The quantitative estimate of drug-likeness (QED) is 0.784. The molecule has 0 spiro atoms. The maximum Gasteiger partial charge on any atom is 0.232 e. The van der Waals surface area contributed by atoms with Crippen molar-refractivity contribution in [1.82, 2.24) is 5.32 Å². The molecular weight excluding hydrogens is 314 g/mol. The van der Waals surface area contributed by atoms with E-state index in [-0.39, 0.29) is 18.9 Å². The molecular formula is C16H23N3O3S. The van der Waals surface area contributed by atoms with Crippen molar-refractivity contribution in [2.24, 2.45) is 5.92 Å². The number of nitrogens with one attached hydrogen (secondary N) is 1. The highest BCUT2D eigenvalue weighted by molar-refractivity contribution is 7.92. The van der Waals surface area contributed by atoms with Gasteiger partial charge in [-0.2, -0.15) is 5.26 Å². The lowest BCUT2D eigenvalue weighted by molar-refractivity contribution is -0.120. The SMILES string of the molecule is CC(C)CCNC(=O)CCN(c1ccc(C#N)cc1)S(C)(=O)=O. The predicted octanol–water partition coefficient (Wildman–Crippen LogP) is 1.88. The minimum absolute atomic E-state index is 0.0677. The number of rotatable bonds is 8. The van der Waals surface area contributed by atoms with Crippen molar-refractivity contribution < 1.29 is 13.2 Å². The van der Waals surface area contributed by atoms with Gasteiger partial charge in [0.15, 0.2) is 0 Å². The first-order valence-electron chi connectivity index (χ1n) is 7.48. The highest BCUT2D eigenvalue weighted by atomic mass is 32.2. The van der Waals surface area contributed by atoms with Crippen LogP contribution in [0.3, 0.4) is 0 Å². The van der Waals surface area contributed by atoms with Gasteiger partial charge in [-0.15, -0.1) is 0 Å². The Labute approximate surface area is 138 Å². The highest BCUT2D eigenvalue weighted by Gasteiger charge is 2.18. The molecule has 0 saturated heterocycles. The van der Waals surface area contributed by atoms with Crippen LogP contribution in [-0.4, -0.2) is 33.7 Å². The van der Waals surface area contributed by atoms with Crippen molar-refractivity contribution in [3.63, 3.8) is 0 Å². The van der Waals surface area contributed by atoms with E-state index in [0.29, 0.717) is 23.7 Å². The second-order valence-corrected chi connectivity index (χ2v) is 7.68. The van der Waals surface area contributed by atoms with Crippen LogP contribution in [0.1, 0.15) is 32.3 Å². The average molecular weight is 337 g/mol. The van der Waals surface area contributed by atoms with E-state index in [0.717, 1.165) is 12.7 Å². The summed E-state index contributed by atoms with van der Waals surface area (Å²) in [6, 6.07) is 8.22. The standard InChI is InChI=1S/C16H23N3O3S/c1-13(2)8-10-18-16(20)9-11-19(23(3,21)22)15-6-4-14(12-17)5-7-15/h4-7,13H,8-11H2,1-3H3,(H,18,20). The summed E-state index contributed by atoms with van der Waals surface area (Å²) in [6.45, 7) is 4.80. The molecule has 0 radical (unpaired) electrons. The van der Waals surface area contributed by atoms with Crippen molar-refractivity contribution in [2.45, 2.75) is 26.7 Å². The van der Waals surface area contributed by atoms with Crippen LogP contribution in [0.2, 0.25) is 0 Å². The molecule has 7 heteroatoms. The maximum atomic E-state index is 11.9. The summed E-state index contributed by atoms with van der Waals surface area (Å²) < 4.78 is 25.0. The van der Waals surface area contributed by atoms with E-state index in [1.54, 1.807) is 24.3 Å². The van der Waals surface area contributed by atoms with Crippen molar-refractivity contribution in [1.29, 1.82) is 5.26 Å². The smallest absolute Gasteiger partial charge is 0.232 e. The summed E-state index contributed by atoms with van der Waals surface area (Å²) in [6.07, 6.45) is 2.07. The fourth-order valence-electron chi connectivity index (χ4n) is 1.98. The van der Waals surface area contributed by atoms with E-state index in [9.17, 15) is 13.2 Å². The van der Waals surface area contributed by atoms with Crippen LogP contribution < -0.4 is 9.62 Å². The number of carbonyl (C=O) groups excluding carboxylic acids is 1. The molecule has 0 atom stereocenters. The van der Waals surface area contributed by atoms with E-state index in [1.165, 1.54) is 4.31 Å². The molecule has 0 aliphatic carbocycles. The molecule has 1 amide bonds. The van der Waals surface area contributed by atoms with Crippen LogP contribution in [0.15, 0.2) is 24.3 Å². The zero-order valence-electron chi connectivity index (χ0n) is 13.7. The Morgan fingerprint density at radius 1 is 1.30 bits per heavy atom. The number of hydrogen-bond acceptors (Lipinski definition) is 4. The van der Waals surface area contributed by atoms with E-state index < -0.39 is 10.0 Å². The molecule has 0 aromatic heterocycles. The van der Waals surface area contributed by atoms with Gasteiger partial charge in [-0.05, 0) is 36.6 Å². The summed E-state index contributed by atoms with van der Waals surface area (Å²) in [5, 5.41) is 11.6. The largest absolute Gasteiger partial charge is 0.356 e. The van der Waals surface area contributed by atoms with Gasteiger partial charge in [0.25, 0.3) is 0 Å². The molecule has 1 aromatic carbocycles. The monoisotopic (exact) mass is 337 g/mol. The van der Waals surface area contributed by atoms with E-state index in [1.807, 2.05) is 6.07 Å². The molecule has 0 fully saturated rings. The number of sulfonamides is 1. The van der Waals surface area contributed by atoms with Gasteiger partial charge in [0.1, 0.15) is 0 Å². The number of nitrogens with zero attached hydrogens (tertiary/aromatic N) is 2. The lowest BCUT2D eigenvalue weighted by atomic mass is 10.1. The van der Waals surface area contributed by atoms with Crippen molar-refractivity contribution in [3.05, 3.63) is 29.8 Å². The second-order valence-electron chi connectivity index (χ2n) is 5.78. The first kappa shape index (κ1) is 19.0. The van der Waals surface area contributed by atoms with Crippen LogP contribution in [0.4, 0.5) is 5.69 Å². The van der Waals surface area contributed by atoms with E-state index >= 15 is 0 Å². The highest BCUT2D eigenvalue weighted by Crippen LogP contribution is 2.18. The zero-order chi connectivity index (χ0) is 17.5. The van der Waals surface area contributed by atoms with Crippen molar-refractivity contribution in [3.8, 4) is 6.07 Å². The molecule has 0 heterocycles. The number of nitriles is 1. The Balaban J connectivity index is 2.69. The van der Waals surface area contributed by atoms with Gasteiger partial charge in [0.05, 0.1) is 23.6 Å². The Kier molecular flexibility index (Phi) is 7.04. The first-order valence-corrected chi connectivity index (χ1v) is 9.33. The first-order chi connectivity index (χ1) is 10.7. The van der Waals surface area contributed by atoms with Gasteiger partial charge >= 0.3 is 0 Å². The fraction of sp³-hybridized carbons (Fsp3) is 0.500. The Bertz CT molecular complexity index is 661. The van der Waals surface area contributed by atoms with Gasteiger partial charge < -0.3 is 5.32 Å². The topological polar surface area (TPSA) is 90.3 Å². The van der Waals surface area contributed by atoms with Gasteiger partial charge in [-0.3, -0.25) is 9.10 Å². The minimum atomic E-state index is -3.50. The molecule has 1 rings (SSSR count). The number of anilines is 1. The van der Waals surface area contributed by atoms with Crippen LogP contribution in [0.25, 0.3) is 0 Å². The zero-order valence-corrected chi connectivity index (χ0v) is 14.6. The van der Waals surface area contributed by atoms with Gasteiger partial charge in [-0.1, -0.05) is 13.8 Å². The molecule has 1 aromatic rings. The van der Waals surface area contributed by atoms with E-state index in [4.69, 9.17) is 5.26 Å². The third-order valence-corrected chi connectivity index (χ3v) is 4.46. The molecule has 6 nitrogen and oxygen atoms in total. The van der Waals surface area contributed by atoms with Gasteiger partial charge in [-0.25, -0.2) is 8.42 Å². The van der Waals surface area contributed by atoms with Crippen LogP contribution in [-0.2, 0) is 14.8 Å². The molecule has 0 aliphatic rings. The van der Waals surface area contributed by atoms with Crippen LogP contribution in [0, 0.1) is 17.2 Å². The van der Waals surface area contributed by atoms with E-state index in [2.05, 4.69) is 19.2 Å². The Morgan fingerprint density at radius 2 is 1.91 bits per heavy atom. The molecule has 1 N–H and O–H groups in total. The average Bonchev–Trinajstić information content (AvgIpc) is 2.46. The summed E-state index contributed by atoms with van der Waals surface area (Å²) in [5.74, 6) is 0.328. The number of benzene rings is 1. The van der Waals surface area contributed by atoms with Gasteiger partial charge in [0, 0.05) is 19.5 Å². The molecule has 23 heavy (non-hydrogen) atoms. The molecule has 0 bridgehead atoms. The summed E-state index contributed by atoms with van der Waals surface area (Å²) in [4.78, 5) is 11.8. The normalized spacial score (nSPS) is 11.1. The second kappa shape index (κ2) is 8.53. The fourth-order valence-corrected chi connectivity index (χ4v) is 2.91. The lowest BCUT2D eigenvalue weighted by Crippen LogP contribution is -2.35. The van der Waals surface area contributed by atoms with Crippen molar-refractivity contribution >= 4 is 21.6 Å². The summed E-state index contributed by atoms with van der Waals surface area (Å²) >= 11 is 0. The van der Waals surface area contributed by atoms with Crippen LogP contribution >= 0.6 is 0 Å². The minimum Gasteiger partial charge on any atom is -0.356 e. The maximum absolute atomic E-state index is 11.9. The molecule has 126 valence electrons. The van der Waals surface area contributed by atoms with Crippen LogP contribution in [0.5, 0.6) is 0 Å². The number of carbonyl (C=O) groups is 1. The summed E-state index contributed by atoms with van der Waals surface area (Å²) in [7, 11) is -3.50. The summed E-state index contributed by atoms with van der Waals surface area (Å²) in [5.41, 5.74) is 0.898. The number of amides is 1. The molecule has 0 unspecified atom stereocenters. The van der Waals surface area contributed by atoms with Gasteiger partial charge in [0.2, 0.25) is 15.9 Å². The third-order valence-electron chi connectivity index (χ3n) is 3.27. The number of hydrogen-bond donors (Lipinski definition) is 1. The third kappa shape index (κ3) is 6.70. The molecule has 0 aliphatic heterocycles. The Morgan fingerprint density at radius 3 is 2.39 bits per heavy atom. The lowest BCUT2D eigenvalue weighted by Gasteiger charge is -2.22. The Hall–Kier alpha value is -2.07. The molecule has 0 saturated carbocycles. The predicted molar refractivity (Wildman–Crippen MR) is 90.4 cm³/mol.